The summed E-state index contributed by atoms with van der Waals surface area (Å²) in [4.78, 5) is 11.8. The zero-order valence-corrected chi connectivity index (χ0v) is 15.7. The predicted octanol–water partition coefficient (Wildman–Crippen LogP) is 2.84. The monoisotopic (exact) mass is 409 g/mol. The number of halogens is 1. The molecule has 1 fully saturated rings. The lowest BCUT2D eigenvalue weighted by molar-refractivity contribution is -0.130. The largest absolute Gasteiger partial charge is 0.457 e. The van der Waals surface area contributed by atoms with Crippen LogP contribution in [0.3, 0.4) is 0 Å². The molecule has 150 valence electrons. The molecule has 1 aliphatic rings. The van der Waals surface area contributed by atoms with Gasteiger partial charge in [-0.15, -0.1) is 0 Å². The van der Waals surface area contributed by atoms with Gasteiger partial charge in [-0.2, -0.15) is 0 Å². The number of carbonyl (C=O) groups excluding carboxylic acids is 1. The van der Waals surface area contributed by atoms with Crippen LogP contribution < -0.4 is 10.2 Å². The van der Waals surface area contributed by atoms with Crippen molar-refractivity contribution in [3.63, 3.8) is 0 Å². The van der Waals surface area contributed by atoms with E-state index in [4.69, 9.17) is 14.7 Å². The summed E-state index contributed by atoms with van der Waals surface area (Å²) in [6.07, 6.45) is -0.0593. The fourth-order valence-corrected chi connectivity index (χ4v) is 5.21. The lowest BCUT2D eigenvalue weighted by Gasteiger charge is -2.35. The molecule has 1 amide bonds. The van der Waals surface area contributed by atoms with Crippen molar-refractivity contribution in [1.29, 1.82) is 0 Å². The number of ether oxygens (including phenoxy) is 2. The van der Waals surface area contributed by atoms with E-state index in [9.17, 15) is 17.6 Å². The van der Waals surface area contributed by atoms with Crippen molar-refractivity contribution in [2.45, 2.75) is 28.9 Å². The molecule has 0 radical (unpaired) electrons. The quantitative estimate of drug-likeness (QED) is 0.562. The van der Waals surface area contributed by atoms with Crippen LogP contribution in [-0.2, 0) is 19.4 Å². The molecule has 2 aromatic carbocycles. The highest BCUT2D eigenvalue weighted by atomic mass is 32.2. The predicted molar refractivity (Wildman–Crippen MR) is 97.4 cm³/mol. The van der Waals surface area contributed by atoms with Crippen molar-refractivity contribution in [3.05, 3.63) is 54.3 Å². The summed E-state index contributed by atoms with van der Waals surface area (Å²) in [5, 5.41) is 8.84. The highest BCUT2D eigenvalue weighted by Crippen LogP contribution is 2.38. The molecule has 1 saturated heterocycles. The van der Waals surface area contributed by atoms with Crippen LogP contribution in [0.4, 0.5) is 4.39 Å². The molecular weight excluding hydrogens is 389 g/mol. The van der Waals surface area contributed by atoms with Crippen LogP contribution in [0, 0.1) is 5.82 Å². The molecular formula is C19H20FNO6S. The second-order valence-corrected chi connectivity index (χ2v) is 8.88. The standard InChI is InChI=1S/C19H20FNO6S/c20-14-1-3-15(4-2-14)27-16-5-7-17(8-6-16)28(24,25)19(13-18(22)21-23)9-11-26-12-10-19/h1-8,23H,9-13H2,(H,21,22). The van der Waals surface area contributed by atoms with Crippen molar-refractivity contribution in [1.82, 2.24) is 5.48 Å². The second-order valence-electron chi connectivity index (χ2n) is 6.54. The van der Waals surface area contributed by atoms with E-state index in [2.05, 4.69) is 0 Å². The maximum absolute atomic E-state index is 13.3. The summed E-state index contributed by atoms with van der Waals surface area (Å²) < 4.78 is 49.0. The van der Waals surface area contributed by atoms with Crippen LogP contribution in [0.15, 0.2) is 53.4 Å². The first-order valence-electron chi connectivity index (χ1n) is 8.65. The fourth-order valence-electron chi connectivity index (χ4n) is 3.19. The fraction of sp³-hybridized carbons (Fsp3) is 0.316. The van der Waals surface area contributed by atoms with E-state index >= 15 is 0 Å². The molecule has 7 nitrogen and oxygen atoms in total. The Hall–Kier alpha value is -2.49. The lowest BCUT2D eigenvalue weighted by atomic mass is 9.95. The van der Waals surface area contributed by atoms with E-state index in [-0.39, 0.29) is 43.2 Å². The first-order valence-corrected chi connectivity index (χ1v) is 10.1. The van der Waals surface area contributed by atoms with E-state index in [1.165, 1.54) is 54.0 Å². The smallest absolute Gasteiger partial charge is 0.244 e. The topological polar surface area (TPSA) is 102 Å². The van der Waals surface area contributed by atoms with Gasteiger partial charge in [-0.05, 0) is 61.4 Å². The van der Waals surface area contributed by atoms with E-state index in [1.807, 2.05) is 0 Å². The minimum absolute atomic E-state index is 0.0478. The lowest BCUT2D eigenvalue weighted by Crippen LogP contribution is -2.47. The Labute approximate surface area is 162 Å². The molecule has 0 atom stereocenters. The molecule has 1 heterocycles. The van der Waals surface area contributed by atoms with Gasteiger partial charge in [0.1, 0.15) is 17.3 Å². The summed E-state index contributed by atoms with van der Waals surface area (Å²) in [5.41, 5.74) is 1.51. The summed E-state index contributed by atoms with van der Waals surface area (Å²) in [6, 6.07) is 11.2. The highest BCUT2D eigenvalue weighted by molar-refractivity contribution is 7.92. The summed E-state index contributed by atoms with van der Waals surface area (Å²) in [7, 11) is -3.88. The van der Waals surface area contributed by atoms with Crippen LogP contribution in [0.5, 0.6) is 11.5 Å². The van der Waals surface area contributed by atoms with Crippen LogP contribution in [-0.4, -0.2) is 37.5 Å². The van der Waals surface area contributed by atoms with Crippen molar-refractivity contribution >= 4 is 15.7 Å². The van der Waals surface area contributed by atoms with Gasteiger partial charge in [0, 0.05) is 19.6 Å². The highest BCUT2D eigenvalue weighted by Gasteiger charge is 2.47. The molecule has 0 unspecified atom stereocenters. The molecule has 2 N–H and O–H groups in total. The van der Waals surface area contributed by atoms with E-state index < -0.39 is 20.5 Å². The molecule has 0 aliphatic carbocycles. The SMILES string of the molecule is O=C(CC1(S(=O)(=O)c2ccc(Oc3ccc(F)cc3)cc2)CCOCC1)NO. The number of rotatable bonds is 6. The van der Waals surface area contributed by atoms with Crippen molar-refractivity contribution in [2.24, 2.45) is 0 Å². The molecule has 0 bridgehead atoms. The van der Waals surface area contributed by atoms with Crippen molar-refractivity contribution in [2.75, 3.05) is 13.2 Å². The summed E-state index contributed by atoms with van der Waals surface area (Å²) in [6.45, 7) is 0.424. The van der Waals surface area contributed by atoms with Crippen molar-refractivity contribution in [3.8, 4) is 11.5 Å². The number of amides is 1. The molecule has 28 heavy (non-hydrogen) atoms. The Morgan fingerprint density at radius 3 is 2.14 bits per heavy atom. The Morgan fingerprint density at radius 1 is 1.07 bits per heavy atom. The number of hydrogen-bond donors (Lipinski definition) is 2. The minimum Gasteiger partial charge on any atom is -0.457 e. The van der Waals surface area contributed by atoms with Gasteiger partial charge in [0.2, 0.25) is 5.91 Å². The third kappa shape index (κ3) is 4.16. The molecule has 9 heteroatoms. The summed E-state index contributed by atoms with van der Waals surface area (Å²) in [5.74, 6) is -0.346. The van der Waals surface area contributed by atoms with Crippen molar-refractivity contribution < 1.29 is 32.3 Å². The Kier molecular flexibility index (Phi) is 5.97. The molecule has 0 aromatic heterocycles. The van der Waals surface area contributed by atoms with Gasteiger partial charge in [0.15, 0.2) is 9.84 Å². The number of hydrogen-bond acceptors (Lipinski definition) is 6. The van der Waals surface area contributed by atoms with E-state index in [0.29, 0.717) is 11.5 Å². The van der Waals surface area contributed by atoms with Crippen LogP contribution in [0.2, 0.25) is 0 Å². The van der Waals surface area contributed by atoms with Crippen LogP contribution in [0.1, 0.15) is 19.3 Å². The Morgan fingerprint density at radius 2 is 1.61 bits per heavy atom. The normalized spacial score (nSPS) is 16.4. The average molecular weight is 409 g/mol. The Balaban J connectivity index is 1.85. The van der Waals surface area contributed by atoms with Gasteiger partial charge in [0.25, 0.3) is 0 Å². The van der Waals surface area contributed by atoms with Gasteiger partial charge in [-0.1, -0.05) is 0 Å². The Bertz CT molecular complexity index is 922. The average Bonchev–Trinajstić information content (AvgIpc) is 2.70. The van der Waals surface area contributed by atoms with Crippen LogP contribution >= 0.6 is 0 Å². The zero-order chi connectivity index (χ0) is 20.2. The van der Waals surface area contributed by atoms with Crippen LogP contribution in [0.25, 0.3) is 0 Å². The van der Waals surface area contributed by atoms with E-state index in [0.717, 1.165) is 0 Å². The third-order valence-corrected chi connectivity index (χ3v) is 7.35. The third-order valence-electron chi connectivity index (χ3n) is 4.76. The van der Waals surface area contributed by atoms with Gasteiger partial charge in [-0.25, -0.2) is 18.3 Å². The van der Waals surface area contributed by atoms with Gasteiger partial charge in [-0.3, -0.25) is 10.0 Å². The maximum Gasteiger partial charge on any atom is 0.244 e. The molecule has 3 rings (SSSR count). The van der Waals surface area contributed by atoms with Gasteiger partial charge < -0.3 is 9.47 Å². The number of carbonyl (C=O) groups is 1. The van der Waals surface area contributed by atoms with E-state index in [1.54, 1.807) is 0 Å². The first-order chi connectivity index (χ1) is 13.4. The number of benzene rings is 2. The first kappa shape index (κ1) is 20.2. The minimum atomic E-state index is -3.88. The van der Waals surface area contributed by atoms with Gasteiger partial charge in [0.05, 0.1) is 9.64 Å². The second kappa shape index (κ2) is 8.26. The molecule has 0 spiro atoms. The molecule has 2 aromatic rings. The zero-order valence-electron chi connectivity index (χ0n) is 14.9. The molecule has 0 saturated carbocycles. The summed E-state index contributed by atoms with van der Waals surface area (Å²) >= 11 is 0. The number of sulfone groups is 1. The molecule has 1 aliphatic heterocycles. The van der Waals surface area contributed by atoms with Gasteiger partial charge >= 0.3 is 0 Å². The maximum atomic E-state index is 13.3. The number of hydroxylamine groups is 1. The number of nitrogens with one attached hydrogen (secondary N) is 1.